The Balaban J connectivity index is 2.62. The van der Waals surface area contributed by atoms with Crippen molar-refractivity contribution in [3.05, 3.63) is 35.4 Å². The molecule has 6 heteroatoms. The van der Waals surface area contributed by atoms with Crippen molar-refractivity contribution < 1.29 is 26.7 Å². The zero-order valence-corrected chi connectivity index (χ0v) is 7.94. The molecule has 0 saturated heterocycles. The number of hydrogen-bond acceptors (Lipinski definition) is 1. The first kappa shape index (κ1) is 12.6. The van der Waals surface area contributed by atoms with E-state index >= 15 is 0 Å². The fourth-order valence-electron chi connectivity index (χ4n) is 1.09. The van der Waals surface area contributed by atoms with Crippen LogP contribution in [0, 0.1) is 11.6 Å². The van der Waals surface area contributed by atoms with Gasteiger partial charge in [0.05, 0.1) is 0 Å². The van der Waals surface area contributed by atoms with Gasteiger partial charge in [-0.05, 0) is 24.1 Å². The standard InChI is InChI=1S/C10H7F5O/c11-7-3-1-6(5-8(7)12)2-4-9(16)10(13,14)15/h1,3,5H,2,4H2. The largest absolute Gasteiger partial charge is 0.449 e. The maximum Gasteiger partial charge on any atom is 0.449 e. The summed E-state index contributed by atoms with van der Waals surface area (Å²) in [4.78, 5) is 10.5. The fraction of sp³-hybridized carbons (Fsp3) is 0.300. The van der Waals surface area contributed by atoms with Gasteiger partial charge in [0.1, 0.15) is 0 Å². The summed E-state index contributed by atoms with van der Waals surface area (Å²) in [5.41, 5.74) is 0.150. The van der Waals surface area contributed by atoms with E-state index in [4.69, 9.17) is 0 Å². The first-order chi connectivity index (χ1) is 7.30. The van der Waals surface area contributed by atoms with Crippen molar-refractivity contribution in [2.24, 2.45) is 0 Å². The van der Waals surface area contributed by atoms with Crippen LogP contribution in [-0.2, 0) is 11.2 Å². The predicted octanol–water partition coefficient (Wildman–Crippen LogP) is 3.03. The topological polar surface area (TPSA) is 17.1 Å². The van der Waals surface area contributed by atoms with E-state index in [1.807, 2.05) is 0 Å². The Morgan fingerprint density at radius 1 is 1.12 bits per heavy atom. The average molecular weight is 238 g/mol. The van der Waals surface area contributed by atoms with Gasteiger partial charge >= 0.3 is 6.18 Å². The second-order valence-corrected chi connectivity index (χ2v) is 3.17. The minimum absolute atomic E-state index is 0.150. The maximum absolute atomic E-state index is 12.7. The van der Waals surface area contributed by atoms with Crippen LogP contribution in [0.1, 0.15) is 12.0 Å². The van der Waals surface area contributed by atoms with Gasteiger partial charge in [-0.3, -0.25) is 4.79 Å². The molecule has 0 atom stereocenters. The third-order valence-corrected chi connectivity index (χ3v) is 1.94. The van der Waals surface area contributed by atoms with Crippen LogP contribution in [0.2, 0.25) is 0 Å². The fourth-order valence-corrected chi connectivity index (χ4v) is 1.09. The number of hydrogen-bond donors (Lipinski definition) is 0. The average Bonchev–Trinajstić information content (AvgIpc) is 2.18. The monoisotopic (exact) mass is 238 g/mol. The van der Waals surface area contributed by atoms with Crippen LogP contribution >= 0.6 is 0 Å². The van der Waals surface area contributed by atoms with Crippen LogP contribution in [0.25, 0.3) is 0 Å². The van der Waals surface area contributed by atoms with Crippen LogP contribution in [0.5, 0.6) is 0 Å². The molecule has 0 spiro atoms. The molecule has 0 N–H and O–H groups in total. The highest BCUT2D eigenvalue weighted by Crippen LogP contribution is 2.19. The van der Waals surface area contributed by atoms with E-state index in [1.54, 1.807) is 0 Å². The third kappa shape index (κ3) is 3.29. The number of benzene rings is 1. The van der Waals surface area contributed by atoms with Gasteiger partial charge in [-0.1, -0.05) is 6.07 Å². The smallest absolute Gasteiger partial charge is 0.290 e. The highest BCUT2D eigenvalue weighted by molar-refractivity contribution is 5.84. The molecule has 0 aromatic heterocycles. The number of carbonyl (C=O) groups excluding carboxylic acids is 1. The molecule has 0 amide bonds. The van der Waals surface area contributed by atoms with Crippen LogP contribution < -0.4 is 0 Å². The number of aryl methyl sites for hydroxylation is 1. The summed E-state index contributed by atoms with van der Waals surface area (Å²) < 4.78 is 60.6. The van der Waals surface area contributed by atoms with E-state index in [2.05, 4.69) is 0 Å². The molecular weight excluding hydrogens is 231 g/mol. The molecule has 1 aromatic rings. The summed E-state index contributed by atoms with van der Waals surface area (Å²) in [7, 11) is 0. The second-order valence-electron chi connectivity index (χ2n) is 3.17. The highest BCUT2D eigenvalue weighted by atomic mass is 19.4. The maximum atomic E-state index is 12.7. The summed E-state index contributed by atoms with van der Waals surface area (Å²) in [6.07, 6.45) is -5.91. The summed E-state index contributed by atoms with van der Waals surface area (Å²) in [6.45, 7) is 0. The molecule has 0 heterocycles. The lowest BCUT2D eigenvalue weighted by Gasteiger charge is -2.05. The Labute approximate surface area is 87.9 Å². The van der Waals surface area contributed by atoms with Gasteiger partial charge < -0.3 is 0 Å². The van der Waals surface area contributed by atoms with Crippen LogP contribution in [0.15, 0.2) is 18.2 Å². The summed E-state index contributed by atoms with van der Waals surface area (Å²) in [5.74, 6) is -4.10. The Bertz CT molecular complexity index is 397. The molecule has 0 radical (unpaired) electrons. The van der Waals surface area contributed by atoms with E-state index in [1.165, 1.54) is 0 Å². The zero-order valence-electron chi connectivity index (χ0n) is 7.94. The third-order valence-electron chi connectivity index (χ3n) is 1.94. The second kappa shape index (κ2) is 4.59. The van der Waals surface area contributed by atoms with Crippen molar-refractivity contribution in [3.8, 4) is 0 Å². The van der Waals surface area contributed by atoms with E-state index in [-0.39, 0.29) is 12.0 Å². The van der Waals surface area contributed by atoms with E-state index in [0.717, 1.165) is 18.2 Å². The summed E-state index contributed by atoms with van der Waals surface area (Å²) in [5, 5.41) is 0. The van der Waals surface area contributed by atoms with Crippen molar-refractivity contribution in [1.29, 1.82) is 0 Å². The molecule has 88 valence electrons. The number of Topliss-reactive ketones (excluding diaryl/α,β-unsaturated/α-hetero) is 1. The molecule has 0 unspecified atom stereocenters. The van der Waals surface area contributed by atoms with Crippen molar-refractivity contribution in [2.75, 3.05) is 0 Å². The number of carbonyl (C=O) groups is 1. The minimum atomic E-state index is -4.88. The molecule has 0 aliphatic carbocycles. The van der Waals surface area contributed by atoms with Crippen molar-refractivity contribution >= 4 is 5.78 Å². The Morgan fingerprint density at radius 3 is 2.25 bits per heavy atom. The van der Waals surface area contributed by atoms with Gasteiger partial charge in [0.25, 0.3) is 0 Å². The molecule has 0 fully saturated rings. The lowest BCUT2D eigenvalue weighted by Crippen LogP contribution is -2.22. The van der Waals surface area contributed by atoms with Crippen LogP contribution in [0.4, 0.5) is 22.0 Å². The lowest BCUT2D eigenvalue weighted by atomic mass is 10.1. The van der Waals surface area contributed by atoms with Crippen molar-refractivity contribution in [3.63, 3.8) is 0 Å². The molecule has 0 bridgehead atoms. The van der Waals surface area contributed by atoms with Gasteiger partial charge in [0.2, 0.25) is 5.78 Å². The van der Waals surface area contributed by atoms with E-state index in [0.29, 0.717) is 0 Å². The first-order valence-electron chi connectivity index (χ1n) is 4.34. The molecule has 16 heavy (non-hydrogen) atoms. The lowest BCUT2D eigenvalue weighted by molar-refractivity contribution is -0.171. The summed E-state index contributed by atoms with van der Waals surface area (Å²) >= 11 is 0. The van der Waals surface area contributed by atoms with Crippen molar-refractivity contribution in [1.82, 2.24) is 0 Å². The SMILES string of the molecule is O=C(CCc1ccc(F)c(F)c1)C(F)(F)F. The predicted molar refractivity (Wildman–Crippen MR) is 45.7 cm³/mol. The van der Waals surface area contributed by atoms with Gasteiger partial charge in [-0.25, -0.2) is 8.78 Å². The number of ketones is 1. The molecule has 0 aliphatic heterocycles. The van der Waals surface area contributed by atoms with Crippen molar-refractivity contribution in [2.45, 2.75) is 19.0 Å². The number of rotatable bonds is 3. The zero-order chi connectivity index (χ0) is 12.3. The van der Waals surface area contributed by atoms with Gasteiger partial charge in [0, 0.05) is 6.42 Å². The summed E-state index contributed by atoms with van der Waals surface area (Å²) in [6, 6.07) is 2.73. The number of alkyl halides is 3. The Kier molecular flexibility index (Phi) is 3.62. The molecule has 1 nitrogen and oxygen atoms in total. The normalized spacial score (nSPS) is 11.6. The quantitative estimate of drug-likeness (QED) is 0.740. The van der Waals surface area contributed by atoms with Crippen LogP contribution in [0.3, 0.4) is 0 Å². The highest BCUT2D eigenvalue weighted by Gasteiger charge is 2.37. The molecule has 1 aromatic carbocycles. The Morgan fingerprint density at radius 2 is 1.75 bits per heavy atom. The molecule has 0 aliphatic rings. The van der Waals surface area contributed by atoms with Crippen LogP contribution in [-0.4, -0.2) is 12.0 Å². The van der Waals surface area contributed by atoms with E-state index < -0.39 is 30.0 Å². The Hall–Kier alpha value is -1.46. The van der Waals surface area contributed by atoms with Gasteiger partial charge in [-0.2, -0.15) is 13.2 Å². The first-order valence-corrected chi connectivity index (χ1v) is 4.34. The van der Waals surface area contributed by atoms with Gasteiger partial charge in [0.15, 0.2) is 11.6 Å². The van der Waals surface area contributed by atoms with E-state index in [9.17, 15) is 26.7 Å². The number of halogens is 5. The molecular formula is C10H7F5O. The molecule has 0 saturated carbocycles. The van der Waals surface area contributed by atoms with Gasteiger partial charge in [-0.15, -0.1) is 0 Å². The molecule has 1 rings (SSSR count). The minimum Gasteiger partial charge on any atom is -0.290 e.